The Morgan fingerprint density at radius 2 is 2.17 bits per heavy atom. The number of H-pyrrole nitrogens is 1. The van der Waals surface area contributed by atoms with Crippen LogP contribution < -0.4 is 0 Å². The number of hydrogen-bond donors (Lipinski definition) is 1. The smallest absolute Gasteiger partial charge is 0.340 e. The van der Waals surface area contributed by atoms with Crippen LogP contribution in [0.2, 0.25) is 0 Å². The molecule has 1 N–H and O–H groups in total. The van der Waals surface area contributed by atoms with Crippen molar-refractivity contribution in [3.8, 4) is 0 Å². The van der Waals surface area contributed by atoms with E-state index in [0.717, 1.165) is 31.4 Å². The highest BCUT2D eigenvalue weighted by atomic mass is 19.1. The minimum absolute atomic E-state index is 0.351. The maximum atomic E-state index is 13.4. The van der Waals surface area contributed by atoms with E-state index in [0.29, 0.717) is 23.5 Å². The molecule has 0 saturated carbocycles. The zero-order valence-corrected chi connectivity index (χ0v) is 14.2. The highest BCUT2D eigenvalue weighted by molar-refractivity contribution is 6.04. The summed E-state index contributed by atoms with van der Waals surface area (Å²) in [5, 5.41) is 0.578. The van der Waals surface area contributed by atoms with Gasteiger partial charge in [-0.3, -0.25) is 0 Å². The third-order valence-electron chi connectivity index (χ3n) is 4.85. The van der Waals surface area contributed by atoms with Crippen molar-refractivity contribution in [1.82, 2.24) is 9.88 Å². The molecule has 0 aliphatic carbocycles. The zero-order chi connectivity index (χ0) is 16.9. The fourth-order valence-corrected chi connectivity index (χ4v) is 3.29. The highest BCUT2D eigenvalue weighted by Crippen LogP contribution is 2.22. The van der Waals surface area contributed by atoms with Crippen molar-refractivity contribution >= 4 is 16.9 Å². The van der Waals surface area contributed by atoms with Crippen LogP contribution in [0.1, 0.15) is 43.0 Å². The molecule has 5 heteroatoms. The first-order valence-electron chi connectivity index (χ1n) is 8.83. The Morgan fingerprint density at radius 3 is 2.92 bits per heavy atom. The van der Waals surface area contributed by atoms with E-state index >= 15 is 0 Å². The normalized spacial score (nSPS) is 16.6. The number of rotatable bonds is 6. The summed E-state index contributed by atoms with van der Waals surface area (Å²) in [6.07, 6.45) is 6.21. The van der Waals surface area contributed by atoms with Crippen molar-refractivity contribution in [2.75, 3.05) is 26.2 Å². The molecule has 4 nitrogen and oxygen atoms in total. The van der Waals surface area contributed by atoms with Gasteiger partial charge >= 0.3 is 5.97 Å². The third-order valence-corrected chi connectivity index (χ3v) is 4.85. The number of halogens is 1. The molecule has 1 fully saturated rings. The van der Waals surface area contributed by atoms with Gasteiger partial charge < -0.3 is 14.6 Å². The summed E-state index contributed by atoms with van der Waals surface area (Å²) in [5.74, 6) is -0.301. The summed E-state index contributed by atoms with van der Waals surface area (Å²) < 4.78 is 18.9. The molecule has 0 bridgehead atoms. The van der Waals surface area contributed by atoms with Crippen LogP contribution in [0.3, 0.4) is 0 Å². The highest BCUT2D eigenvalue weighted by Gasteiger charge is 2.21. The Kier molecular flexibility index (Phi) is 5.51. The molecular formula is C19H25FN2O2. The number of nitrogens with one attached hydrogen (secondary N) is 1. The summed E-state index contributed by atoms with van der Waals surface area (Å²) in [6, 6.07) is 4.38. The predicted octanol–water partition coefficient (Wildman–Crippen LogP) is 3.98. The van der Waals surface area contributed by atoms with Gasteiger partial charge in [0.15, 0.2) is 0 Å². The van der Waals surface area contributed by atoms with E-state index in [1.165, 1.54) is 31.5 Å². The van der Waals surface area contributed by atoms with E-state index in [9.17, 15) is 9.18 Å². The molecule has 130 valence electrons. The molecule has 0 radical (unpaired) electrons. The Bertz CT molecular complexity index is 690. The van der Waals surface area contributed by atoms with Crippen LogP contribution in [0, 0.1) is 11.7 Å². The van der Waals surface area contributed by atoms with Crippen LogP contribution in [0.25, 0.3) is 10.9 Å². The monoisotopic (exact) mass is 332 g/mol. The third kappa shape index (κ3) is 3.96. The predicted molar refractivity (Wildman–Crippen MR) is 92.6 cm³/mol. The molecular weight excluding hydrogens is 307 g/mol. The van der Waals surface area contributed by atoms with Crippen LogP contribution in [0.4, 0.5) is 4.39 Å². The topological polar surface area (TPSA) is 45.3 Å². The number of piperidine rings is 1. The molecule has 1 aromatic heterocycles. The number of aromatic amines is 1. The molecule has 3 rings (SSSR count). The van der Waals surface area contributed by atoms with Gasteiger partial charge in [-0.25, -0.2) is 9.18 Å². The molecule has 1 aliphatic rings. The summed E-state index contributed by atoms with van der Waals surface area (Å²) >= 11 is 0. The molecule has 0 spiro atoms. The number of likely N-dealkylation sites (tertiary alicyclic amines) is 1. The van der Waals surface area contributed by atoms with Gasteiger partial charge in [0.05, 0.1) is 12.2 Å². The Labute approximate surface area is 142 Å². The van der Waals surface area contributed by atoms with Crippen LogP contribution in [0.5, 0.6) is 0 Å². The van der Waals surface area contributed by atoms with E-state index in [1.54, 1.807) is 12.3 Å². The lowest BCUT2D eigenvalue weighted by Crippen LogP contribution is -2.35. The van der Waals surface area contributed by atoms with Gasteiger partial charge in [0.2, 0.25) is 0 Å². The zero-order valence-electron chi connectivity index (χ0n) is 14.2. The van der Waals surface area contributed by atoms with E-state index in [-0.39, 0.29) is 11.8 Å². The number of hydrogen-bond acceptors (Lipinski definition) is 3. The fraction of sp³-hybridized carbons (Fsp3) is 0.526. The van der Waals surface area contributed by atoms with Crippen molar-refractivity contribution in [3.63, 3.8) is 0 Å². The molecule has 1 aromatic carbocycles. The van der Waals surface area contributed by atoms with Gasteiger partial charge in [0.25, 0.3) is 0 Å². The number of fused-ring (bicyclic) bond motifs is 1. The van der Waals surface area contributed by atoms with E-state index in [4.69, 9.17) is 4.74 Å². The van der Waals surface area contributed by atoms with Gasteiger partial charge in [-0.15, -0.1) is 0 Å². The molecule has 1 saturated heterocycles. The average molecular weight is 332 g/mol. The number of nitrogens with zero attached hydrogens (tertiary/aromatic N) is 1. The van der Waals surface area contributed by atoms with Crippen molar-refractivity contribution < 1.29 is 13.9 Å². The van der Waals surface area contributed by atoms with Crippen LogP contribution in [0.15, 0.2) is 24.4 Å². The first-order chi connectivity index (χ1) is 11.7. The largest absolute Gasteiger partial charge is 0.462 e. The fourth-order valence-electron chi connectivity index (χ4n) is 3.29. The van der Waals surface area contributed by atoms with Gasteiger partial charge in [0.1, 0.15) is 5.82 Å². The Morgan fingerprint density at radius 1 is 1.38 bits per heavy atom. The van der Waals surface area contributed by atoms with Crippen molar-refractivity contribution in [2.24, 2.45) is 5.92 Å². The Balaban J connectivity index is 1.52. The maximum absolute atomic E-state index is 13.4. The van der Waals surface area contributed by atoms with E-state index in [2.05, 4.69) is 16.8 Å². The number of unbranched alkanes of at least 4 members (excludes halogenated alkanes) is 1. The number of ether oxygens (including phenoxy) is 1. The quantitative estimate of drug-likeness (QED) is 0.814. The molecule has 0 amide bonds. The number of aromatic nitrogens is 1. The molecule has 0 atom stereocenters. The van der Waals surface area contributed by atoms with Crippen LogP contribution >= 0.6 is 0 Å². The number of carbonyl (C=O) groups excluding carboxylic acids is 1. The SMILES string of the molecule is CCCCN1CCC(COC(=O)c2c[nH]c3ccc(F)cc23)CC1. The molecule has 1 aliphatic heterocycles. The first kappa shape index (κ1) is 17.0. The van der Waals surface area contributed by atoms with Crippen LogP contribution in [-0.4, -0.2) is 42.1 Å². The van der Waals surface area contributed by atoms with Gasteiger partial charge in [-0.1, -0.05) is 13.3 Å². The number of carbonyl (C=O) groups is 1. The summed E-state index contributed by atoms with van der Waals surface area (Å²) in [6.45, 7) is 6.00. The lowest BCUT2D eigenvalue weighted by atomic mass is 9.97. The van der Waals surface area contributed by atoms with Gasteiger partial charge in [0, 0.05) is 17.1 Å². The van der Waals surface area contributed by atoms with E-state index in [1.807, 2.05) is 0 Å². The van der Waals surface area contributed by atoms with E-state index < -0.39 is 0 Å². The molecule has 24 heavy (non-hydrogen) atoms. The van der Waals surface area contributed by atoms with Gasteiger partial charge in [-0.2, -0.15) is 0 Å². The second kappa shape index (κ2) is 7.79. The standard InChI is InChI=1S/C19H25FN2O2/c1-2-3-8-22-9-6-14(7-10-22)13-24-19(23)17-12-21-18-5-4-15(20)11-16(17)18/h4-5,11-12,14,21H,2-3,6-10,13H2,1H3. The van der Waals surface area contributed by atoms with Crippen molar-refractivity contribution in [1.29, 1.82) is 0 Å². The molecule has 2 heterocycles. The molecule has 0 unspecified atom stereocenters. The lowest BCUT2D eigenvalue weighted by molar-refractivity contribution is 0.0374. The van der Waals surface area contributed by atoms with Gasteiger partial charge in [-0.05, 0) is 63.0 Å². The summed E-state index contributed by atoms with van der Waals surface area (Å²) in [4.78, 5) is 17.8. The average Bonchev–Trinajstić information content (AvgIpc) is 3.02. The second-order valence-electron chi connectivity index (χ2n) is 6.63. The Hall–Kier alpha value is -1.88. The first-order valence-corrected chi connectivity index (χ1v) is 8.83. The second-order valence-corrected chi connectivity index (χ2v) is 6.63. The van der Waals surface area contributed by atoms with Crippen LogP contribution in [-0.2, 0) is 4.74 Å². The maximum Gasteiger partial charge on any atom is 0.340 e. The lowest BCUT2D eigenvalue weighted by Gasteiger charge is -2.31. The van der Waals surface area contributed by atoms with Crippen molar-refractivity contribution in [3.05, 3.63) is 35.8 Å². The molecule has 2 aromatic rings. The number of benzene rings is 1. The number of esters is 1. The summed E-state index contributed by atoms with van der Waals surface area (Å²) in [5.41, 5.74) is 1.15. The summed E-state index contributed by atoms with van der Waals surface area (Å²) in [7, 11) is 0. The van der Waals surface area contributed by atoms with Crippen molar-refractivity contribution in [2.45, 2.75) is 32.6 Å². The minimum Gasteiger partial charge on any atom is -0.462 e. The minimum atomic E-state index is -0.375.